The molecule has 1 aromatic rings. The molecule has 2 rings (SSSR count). The van der Waals surface area contributed by atoms with Crippen LogP contribution in [0.4, 0.5) is 0 Å². The number of ether oxygens (including phenoxy) is 1. The molecule has 3 nitrogen and oxygen atoms in total. The number of esters is 1. The minimum atomic E-state index is -0.516. The number of hydrogen-bond donors (Lipinski definition) is 1. The van der Waals surface area contributed by atoms with Crippen molar-refractivity contribution in [2.45, 2.75) is 58.1 Å². The maximum Gasteiger partial charge on any atom is 0.323 e. The van der Waals surface area contributed by atoms with Crippen molar-refractivity contribution < 1.29 is 9.53 Å². The topological polar surface area (TPSA) is 52.3 Å². The van der Waals surface area contributed by atoms with Crippen LogP contribution in [0.2, 0.25) is 0 Å². The summed E-state index contributed by atoms with van der Waals surface area (Å²) in [4.78, 5) is 12.1. The Balaban J connectivity index is 1.77. The molecule has 0 saturated heterocycles. The molecule has 1 saturated carbocycles. The van der Waals surface area contributed by atoms with Gasteiger partial charge in [0, 0.05) is 0 Å². The van der Waals surface area contributed by atoms with Crippen LogP contribution in [-0.4, -0.2) is 18.1 Å². The fourth-order valence-corrected chi connectivity index (χ4v) is 3.31. The molecule has 0 bridgehead atoms. The number of carbonyl (C=O) groups excluding carboxylic acids is 1. The Morgan fingerprint density at radius 2 is 1.81 bits per heavy atom. The van der Waals surface area contributed by atoms with Gasteiger partial charge in [-0.3, -0.25) is 4.79 Å². The number of nitrogens with two attached hydrogens (primary N) is 1. The highest BCUT2D eigenvalue weighted by molar-refractivity contribution is 5.75. The molecule has 1 aromatic carbocycles. The summed E-state index contributed by atoms with van der Waals surface area (Å²) in [6, 6.07) is 9.60. The molecule has 2 N–H and O–H groups in total. The predicted octanol–water partition coefficient (Wildman–Crippen LogP) is 3.31. The zero-order chi connectivity index (χ0) is 15.2. The molecular weight excluding hydrogens is 262 g/mol. The van der Waals surface area contributed by atoms with E-state index in [1.807, 2.05) is 18.2 Å². The first-order chi connectivity index (χ1) is 10.0. The molecule has 0 aromatic heterocycles. The van der Waals surface area contributed by atoms with Gasteiger partial charge in [0.25, 0.3) is 0 Å². The number of benzene rings is 1. The van der Waals surface area contributed by atoms with Crippen LogP contribution in [0.1, 0.15) is 45.1 Å². The third-order valence-electron chi connectivity index (χ3n) is 4.31. The Kier molecular flexibility index (Phi) is 5.80. The van der Waals surface area contributed by atoms with E-state index in [0.29, 0.717) is 18.3 Å². The van der Waals surface area contributed by atoms with E-state index in [2.05, 4.69) is 26.0 Å². The van der Waals surface area contributed by atoms with Crippen LogP contribution in [0.15, 0.2) is 30.3 Å². The summed E-state index contributed by atoms with van der Waals surface area (Å²) in [6.07, 6.45) is 4.69. The van der Waals surface area contributed by atoms with E-state index >= 15 is 0 Å². The van der Waals surface area contributed by atoms with Gasteiger partial charge in [-0.25, -0.2) is 0 Å². The Hall–Kier alpha value is -1.35. The van der Waals surface area contributed by atoms with Crippen LogP contribution < -0.4 is 5.73 Å². The lowest BCUT2D eigenvalue weighted by atomic mass is 9.82. The number of aryl methyl sites for hydroxylation is 1. The minimum Gasteiger partial charge on any atom is -0.461 e. The highest BCUT2D eigenvalue weighted by Crippen LogP contribution is 2.30. The van der Waals surface area contributed by atoms with Gasteiger partial charge in [-0.05, 0) is 49.5 Å². The summed E-state index contributed by atoms with van der Waals surface area (Å²) in [5.74, 6) is 1.02. The molecule has 0 aliphatic heterocycles. The van der Waals surface area contributed by atoms with Gasteiger partial charge in [-0.1, -0.05) is 44.2 Å². The van der Waals surface area contributed by atoms with E-state index in [9.17, 15) is 4.79 Å². The summed E-state index contributed by atoms with van der Waals surface area (Å²) in [5, 5.41) is 0. The lowest BCUT2D eigenvalue weighted by Crippen LogP contribution is -2.37. The molecule has 3 unspecified atom stereocenters. The van der Waals surface area contributed by atoms with E-state index < -0.39 is 6.04 Å². The lowest BCUT2D eigenvalue weighted by Gasteiger charge is -2.31. The molecule has 21 heavy (non-hydrogen) atoms. The van der Waals surface area contributed by atoms with Gasteiger partial charge in [0.05, 0.1) is 0 Å². The standard InChI is InChI=1S/C18H27NO2/c1-13-10-14(2)12-16(11-13)21-18(20)17(19)9-8-15-6-4-3-5-7-15/h3-7,13-14,16-17H,8-12,19H2,1-2H3. The highest BCUT2D eigenvalue weighted by Gasteiger charge is 2.28. The predicted molar refractivity (Wildman–Crippen MR) is 84.8 cm³/mol. The quantitative estimate of drug-likeness (QED) is 0.846. The average molecular weight is 289 g/mol. The Bertz CT molecular complexity index is 436. The van der Waals surface area contributed by atoms with Crippen LogP contribution in [0.3, 0.4) is 0 Å². The van der Waals surface area contributed by atoms with Crippen LogP contribution in [0, 0.1) is 11.8 Å². The normalized spacial score (nSPS) is 27.1. The van der Waals surface area contributed by atoms with Crippen molar-refractivity contribution in [3.05, 3.63) is 35.9 Å². The van der Waals surface area contributed by atoms with Crippen LogP contribution in [-0.2, 0) is 16.0 Å². The Morgan fingerprint density at radius 3 is 2.43 bits per heavy atom. The molecule has 1 aliphatic rings. The highest BCUT2D eigenvalue weighted by atomic mass is 16.5. The number of rotatable bonds is 5. The van der Waals surface area contributed by atoms with Gasteiger partial charge in [0.15, 0.2) is 0 Å². The first kappa shape index (κ1) is 16.0. The summed E-state index contributed by atoms with van der Waals surface area (Å²) >= 11 is 0. The molecule has 116 valence electrons. The van der Waals surface area contributed by atoms with E-state index in [1.54, 1.807) is 0 Å². The van der Waals surface area contributed by atoms with Crippen molar-refractivity contribution in [3.63, 3.8) is 0 Å². The first-order valence-corrected chi connectivity index (χ1v) is 8.04. The maximum absolute atomic E-state index is 12.1. The fourth-order valence-electron chi connectivity index (χ4n) is 3.31. The number of carbonyl (C=O) groups is 1. The van der Waals surface area contributed by atoms with Crippen LogP contribution in [0.5, 0.6) is 0 Å². The second kappa shape index (κ2) is 7.60. The van der Waals surface area contributed by atoms with Crippen LogP contribution in [0.25, 0.3) is 0 Å². The van der Waals surface area contributed by atoms with E-state index in [4.69, 9.17) is 10.5 Å². The fraction of sp³-hybridized carbons (Fsp3) is 0.611. The molecule has 1 fully saturated rings. The smallest absolute Gasteiger partial charge is 0.323 e. The molecule has 0 radical (unpaired) electrons. The summed E-state index contributed by atoms with van der Waals surface area (Å²) in [6.45, 7) is 4.46. The molecular formula is C18H27NO2. The minimum absolute atomic E-state index is 0.0547. The second-order valence-corrected chi connectivity index (χ2v) is 6.61. The van der Waals surface area contributed by atoms with Crippen molar-refractivity contribution in [1.82, 2.24) is 0 Å². The van der Waals surface area contributed by atoms with Gasteiger partial charge in [0.1, 0.15) is 12.1 Å². The Morgan fingerprint density at radius 1 is 1.19 bits per heavy atom. The van der Waals surface area contributed by atoms with Crippen molar-refractivity contribution in [2.24, 2.45) is 17.6 Å². The molecule has 1 aliphatic carbocycles. The molecule has 3 atom stereocenters. The summed E-state index contributed by atoms with van der Waals surface area (Å²) in [7, 11) is 0. The average Bonchev–Trinajstić information content (AvgIpc) is 2.44. The maximum atomic E-state index is 12.1. The third-order valence-corrected chi connectivity index (χ3v) is 4.31. The Labute approximate surface area is 127 Å². The van der Waals surface area contributed by atoms with E-state index in [0.717, 1.165) is 19.3 Å². The van der Waals surface area contributed by atoms with Gasteiger partial charge >= 0.3 is 5.97 Å². The van der Waals surface area contributed by atoms with Crippen molar-refractivity contribution in [1.29, 1.82) is 0 Å². The SMILES string of the molecule is CC1CC(C)CC(OC(=O)C(N)CCc2ccccc2)C1. The monoisotopic (exact) mass is 289 g/mol. The zero-order valence-corrected chi connectivity index (χ0v) is 13.1. The lowest BCUT2D eigenvalue weighted by molar-refractivity contribution is -0.153. The van der Waals surface area contributed by atoms with E-state index in [1.165, 1.54) is 12.0 Å². The summed E-state index contributed by atoms with van der Waals surface area (Å²) < 4.78 is 5.62. The largest absolute Gasteiger partial charge is 0.461 e. The summed E-state index contributed by atoms with van der Waals surface area (Å²) in [5.41, 5.74) is 7.19. The van der Waals surface area contributed by atoms with Gasteiger partial charge in [-0.15, -0.1) is 0 Å². The number of hydrogen-bond acceptors (Lipinski definition) is 3. The molecule has 0 heterocycles. The van der Waals surface area contributed by atoms with Crippen molar-refractivity contribution in [2.75, 3.05) is 0 Å². The van der Waals surface area contributed by atoms with Crippen molar-refractivity contribution >= 4 is 5.97 Å². The second-order valence-electron chi connectivity index (χ2n) is 6.61. The van der Waals surface area contributed by atoms with Gasteiger partial charge in [-0.2, -0.15) is 0 Å². The van der Waals surface area contributed by atoms with Gasteiger partial charge < -0.3 is 10.5 Å². The van der Waals surface area contributed by atoms with Crippen LogP contribution >= 0.6 is 0 Å². The first-order valence-electron chi connectivity index (χ1n) is 8.04. The van der Waals surface area contributed by atoms with Crippen molar-refractivity contribution in [3.8, 4) is 0 Å². The van der Waals surface area contributed by atoms with Gasteiger partial charge in [0.2, 0.25) is 0 Å². The molecule has 0 spiro atoms. The van der Waals surface area contributed by atoms with E-state index in [-0.39, 0.29) is 12.1 Å². The zero-order valence-electron chi connectivity index (χ0n) is 13.1. The third kappa shape index (κ3) is 5.16. The molecule has 0 amide bonds. The molecule has 3 heteroatoms.